The van der Waals surface area contributed by atoms with Crippen LogP contribution in [0.2, 0.25) is 0 Å². The summed E-state index contributed by atoms with van der Waals surface area (Å²) >= 11 is 0. The Hall–Kier alpha value is -1.90. The molecule has 2 rings (SSSR count). The highest BCUT2D eigenvalue weighted by Crippen LogP contribution is 2.28. The predicted octanol–water partition coefficient (Wildman–Crippen LogP) is 1.30. The molecular formula is C11H15F3N6. The second-order valence-electron chi connectivity index (χ2n) is 4.24. The molecule has 2 aromatic heterocycles. The van der Waals surface area contributed by atoms with Crippen LogP contribution in [0.3, 0.4) is 0 Å². The summed E-state index contributed by atoms with van der Waals surface area (Å²) in [5.41, 5.74) is 0.0484. The summed E-state index contributed by atoms with van der Waals surface area (Å²) < 4.78 is 40.0. The Morgan fingerprint density at radius 1 is 1.20 bits per heavy atom. The molecule has 0 aromatic carbocycles. The highest BCUT2D eigenvalue weighted by Gasteiger charge is 2.32. The van der Waals surface area contributed by atoms with Crippen molar-refractivity contribution in [3.05, 3.63) is 29.8 Å². The van der Waals surface area contributed by atoms with Crippen molar-refractivity contribution in [3.8, 4) is 0 Å². The van der Waals surface area contributed by atoms with Gasteiger partial charge in [0.2, 0.25) is 0 Å². The van der Waals surface area contributed by atoms with E-state index in [-0.39, 0.29) is 0 Å². The van der Waals surface area contributed by atoms with E-state index in [1.54, 1.807) is 10.9 Å². The van der Waals surface area contributed by atoms with Crippen molar-refractivity contribution in [2.24, 2.45) is 0 Å². The molecular weight excluding hydrogens is 273 g/mol. The first-order valence-electron chi connectivity index (χ1n) is 6.18. The number of halogens is 3. The van der Waals surface area contributed by atoms with Crippen LogP contribution in [0.25, 0.3) is 0 Å². The molecule has 2 heterocycles. The second kappa shape index (κ2) is 6.04. The maximum absolute atomic E-state index is 12.4. The molecule has 9 heteroatoms. The van der Waals surface area contributed by atoms with E-state index >= 15 is 0 Å². The average Bonchev–Trinajstić information content (AvgIpc) is 3.02. The van der Waals surface area contributed by atoms with E-state index in [0.29, 0.717) is 19.6 Å². The Morgan fingerprint density at radius 3 is 2.60 bits per heavy atom. The van der Waals surface area contributed by atoms with Gasteiger partial charge in [0.15, 0.2) is 0 Å². The zero-order valence-corrected chi connectivity index (χ0v) is 10.9. The van der Waals surface area contributed by atoms with Crippen molar-refractivity contribution in [2.75, 3.05) is 6.54 Å². The maximum atomic E-state index is 12.4. The number of nitrogens with one attached hydrogen (secondary N) is 1. The number of rotatable bonds is 6. The normalized spacial score (nSPS) is 12.0. The average molecular weight is 288 g/mol. The molecule has 0 aliphatic carbocycles. The fourth-order valence-electron chi connectivity index (χ4n) is 1.62. The molecule has 0 bridgehead atoms. The van der Waals surface area contributed by atoms with Crippen LogP contribution in [0.4, 0.5) is 13.2 Å². The van der Waals surface area contributed by atoms with Crippen LogP contribution in [0, 0.1) is 0 Å². The highest BCUT2D eigenvalue weighted by atomic mass is 19.4. The van der Waals surface area contributed by atoms with Gasteiger partial charge in [-0.2, -0.15) is 18.3 Å². The Kier molecular flexibility index (Phi) is 4.38. The van der Waals surface area contributed by atoms with Crippen molar-refractivity contribution in [1.82, 2.24) is 30.1 Å². The molecule has 6 nitrogen and oxygen atoms in total. The smallest absolute Gasteiger partial charge is 0.311 e. The molecule has 0 unspecified atom stereocenters. The lowest BCUT2D eigenvalue weighted by Gasteiger charge is -2.02. The summed E-state index contributed by atoms with van der Waals surface area (Å²) in [6.07, 6.45) is -0.796. The lowest BCUT2D eigenvalue weighted by atomic mass is 10.4. The lowest BCUT2D eigenvalue weighted by molar-refractivity contribution is -0.137. The minimum atomic E-state index is -4.36. The molecule has 0 aliphatic heterocycles. The number of nitrogens with zero attached hydrogens (tertiary/aromatic N) is 5. The van der Waals surface area contributed by atoms with Crippen molar-refractivity contribution in [3.63, 3.8) is 0 Å². The summed E-state index contributed by atoms with van der Waals surface area (Å²) in [6, 6.07) is 0. The van der Waals surface area contributed by atoms with Crippen LogP contribution in [0.5, 0.6) is 0 Å². The van der Waals surface area contributed by atoms with Crippen LogP contribution in [-0.4, -0.2) is 31.3 Å². The lowest BCUT2D eigenvalue weighted by Crippen LogP contribution is -2.12. The van der Waals surface area contributed by atoms with E-state index < -0.39 is 11.7 Å². The van der Waals surface area contributed by atoms with Gasteiger partial charge in [-0.05, 0) is 6.54 Å². The quantitative estimate of drug-likeness (QED) is 0.870. The molecule has 2 aromatic rings. The predicted molar refractivity (Wildman–Crippen MR) is 64.6 cm³/mol. The fourth-order valence-corrected chi connectivity index (χ4v) is 1.62. The van der Waals surface area contributed by atoms with E-state index in [2.05, 4.69) is 20.7 Å². The van der Waals surface area contributed by atoms with Gasteiger partial charge in [-0.25, -0.2) is 0 Å². The first-order valence-corrected chi connectivity index (χ1v) is 6.18. The van der Waals surface area contributed by atoms with E-state index in [4.69, 9.17) is 0 Å². The zero-order valence-electron chi connectivity index (χ0n) is 10.9. The van der Waals surface area contributed by atoms with E-state index in [1.807, 2.05) is 6.92 Å². The highest BCUT2D eigenvalue weighted by molar-refractivity contribution is 5.08. The van der Waals surface area contributed by atoms with Gasteiger partial charge in [-0.3, -0.25) is 9.36 Å². The minimum Gasteiger partial charge on any atom is -0.311 e. The first kappa shape index (κ1) is 14.5. The molecule has 0 fully saturated rings. The molecule has 110 valence electrons. The summed E-state index contributed by atoms with van der Waals surface area (Å²) in [4.78, 5) is 0. The summed E-state index contributed by atoms with van der Waals surface area (Å²) in [5, 5.41) is 14.6. The molecule has 0 amide bonds. The van der Waals surface area contributed by atoms with Gasteiger partial charge < -0.3 is 5.32 Å². The van der Waals surface area contributed by atoms with Crippen LogP contribution in [0.1, 0.15) is 18.2 Å². The Labute approximate surface area is 113 Å². The third-order valence-corrected chi connectivity index (χ3v) is 2.66. The molecule has 0 atom stereocenters. The van der Waals surface area contributed by atoms with Gasteiger partial charge >= 0.3 is 6.18 Å². The van der Waals surface area contributed by atoms with Crippen LogP contribution in [-0.2, 0) is 25.8 Å². The Morgan fingerprint density at radius 2 is 1.95 bits per heavy atom. The van der Waals surface area contributed by atoms with Crippen molar-refractivity contribution in [2.45, 2.75) is 32.7 Å². The van der Waals surface area contributed by atoms with E-state index in [0.717, 1.165) is 24.6 Å². The topological polar surface area (TPSA) is 60.6 Å². The number of hydrogen-bond donors (Lipinski definition) is 1. The third kappa shape index (κ3) is 3.80. The van der Waals surface area contributed by atoms with Gasteiger partial charge in [0.05, 0.1) is 30.5 Å². The molecule has 0 aliphatic rings. The second-order valence-corrected chi connectivity index (χ2v) is 4.24. The molecule has 0 spiro atoms. The first-order chi connectivity index (χ1) is 9.49. The van der Waals surface area contributed by atoms with Crippen LogP contribution in [0.15, 0.2) is 18.6 Å². The Balaban J connectivity index is 1.88. The maximum Gasteiger partial charge on any atom is 0.419 e. The number of aromatic nitrogens is 5. The third-order valence-electron chi connectivity index (χ3n) is 2.66. The Bertz CT molecular complexity index is 544. The number of alkyl halides is 3. The van der Waals surface area contributed by atoms with Gasteiger partial charge in [0, 0.05) is 18.9 Å². The standard InChI is InChI=1S/C11H15F3N6/c1-2-15-6-10-8-20(18-17-10)4-3-19-7-9(5-16-19)11(12,13)14/h5,7-8,15H,2-4,6H2,1H3. The monoisotopic (exact) mass is 288 g/mol. The van der Waals surface area contributed by atoms with Gasteiger partial charge in [-0.1, -0.05) is 12.1 Å². The van der Waals surface area contributed by atoms with Gasteiger partial charge in [-0.15, -0.1) is 5.10 Å². The fraction of sp³-hybridized carbons (Fsp3) is 0.545. The molecule has 0 saturated heterocycles. The van der Waals surface area contributed by atoms with Crippen molar-refractivity contribution < 1.29 is 13.2 Å². The van der Waals surface area contributed by atoms with E-state index in [1.165, 1.54) is 4.68 Å². The van der Waals surface area contributed by atoms with Crippen LogP contribution < -0.4 is 5.32 Å². The number of hydrogen-bond acceptors (Lipinski definition) is 4. The molecule has 20 heavy (non-hydrogen) atoms. The summed E-state index contributed by atoms with van der Waals surface area (Å²) in [7, 11) is 0. The summed E-state index contributed by atoms with van der Waals surface area (Å²) in [6.45, 7) is 4.16. The van der Waals surface area contributed by atoms with Crippen LogP contribution >= 0.6 is 0 Å². The van der Waals surface area contributed by atoms with E-state index in [9.17, 15) is 13.2 Å². The van der Waals surface area contributed by atoms with Gasteiger partial charge in [0.1, 0.15) is 0 Å². The van der Waals surface area contributed by atoms with Crippen molar-refractivity contribution in [1.29, 1.82) is 0 Å². The summed E-state index contributed by atoms with van der Waals surface area (Å²) in [5.74, 6) is 0. The molecule has 1 N–H and O–H groups in total. The number of aryl methyl sites for hydroxylation is 2. The van der Waals surface area contributed by atoms with Gasteiger partial charge in [0.25, 0.3) is 0 Å². The zero-order chi connectivity index (χ0) is 14.6. The SMILES string of the molecule is CCNCc1cn(CCn2cc(C(F)(F)F)cn2)nn1. The molecule has 0 radical (unpaired) electrons. The largest absolute Gasteiger partial charge is 0.419 e. The van der Waals surface area contributed by atoms with Crippen molar-refractivity contribution >= 4 is 0 Å². The minimum absolute atomic E-state index is 0.306. The molecule has 0 saturated carbocycles.